The number of hydrogen-bond donors (Lipinski definition) is 2. The molecule has 100 valence electrons. The van der Waals surface area contributed by atoms with Crippen molar-refractivity contribution in [3.63, 3.8) is 0 Å². The van der Waals surface area contributed by atoms with Crippen LogP contribution in [0.15, 0.2) is 30.3 Å². The van der Waals surface area contributed by atoms with Gasteiger partial charge < -0.3 is 10.4 Å². The maximum atomic E-state index is 9.63. The van der Waals surface area contributed by atoms with Gasteiger partial charge in [-0.1, -0.05) is 37.3 Å². The summed E-state index contributed by atoms with van der Waals surface area (Å²) in [5, 5.41) is 13.3. The summed E-state index contributed by atoms with van der Waals surface area (Å²) in [5.41, 5.74) is 1.25. The summed E-state index contributed by atoms with van der Waals surface area (Å²) in [4.78, 5) is 0. The Bertz CT molecular complexity index is 374. The first kappa shape index (κ1) is 13.6. The molecule has 2 N–H and O–H groups in total. The highest BCUT2D eigenvalue weighted by Gasteiger charge is 2.42. The van der Waals surface area contributed by atoms with Crippen molar-refractivity contribution in [3.8, 4) is 0 Å². The lowest BCUT2D eigenvalue weighted by Crippen LogP contribution is -2.53. The van der Waals surface area contributed by atoms with Crippen molar-refractivity contribution in [2.75, 3.05) is 6.61 Å². The average Bonchev–Trinajstić information content (AvgIpc) is 3.23. The zero-order valence-corrected chi connectivity index (χ0v) is 11.7. The molecule has 2 heteroatoms. The molecule has 0 aliphatic heterocycles. The van der Waals surface area contributed by atoms with E-state index in [0.717, 1.165) is 0 Å². The maximum absolute atomic E-state index is 9.63. The zero-order valence-electron chi connectivity index (χ0n) is 11.7. The van der Waals surface area contributed by atoms with Crippen LogP contribution in [0.5, 0.6) is 0 Å². The van der Waals surface area contributed by atoms with Crippen LogP contribution in [0.1, 0.15) is 45.1 Å². The van der Waals surface area contributed by atoms with Gasteiger partial charge in [0.25, 0.3) is 0 Å². The Morgan fingerprint density at radius 2 is 1.89 bits per heavy atom. The second-order valence-electron chi connectivity index (χ2n) is 5.98. The van der Waals surface area contributed by atoms with Crippen molar-refractivity contribution < 1.29 is 5.11 Å². The van der Waals surface area contributed by atoms with E-state index < -0.39 is 0 Å². The van der Waals surface area contributed by atoms with E-state index in [-0.39, 0.29) is 12.1 Å². The molecule has 1 saturated carbocycles. The second kappa shape index (κ2) is 5.41. The van der Waals surface area contributed by atoms with Gasteiger partial charge >= 0.3 is 0 Å². The molecule has 18 heavy (non-hydrogen) atoms. The van der Waals surface area contributed by atoms with Gasteiger partial charge in [0.1, 0.15) is 0 Å². The third kappa shape index (κ3) is 2.93. The van der Waals surface area contributed by atoms with E-state index in [1.165, 1.54) is 18.4 Å². The SMILES string of the molecule is CC(NC(C)(CO)C1CC1)C(C)c1ccccc1. The van der Waals surface area contributed by atoms with Crippen molar-refractivity contribution in [1.82, 2.24) is 5.32 Å². The van der Waals surface area contributed by atoms with Gasteiger partial charge in [-0.3, -0.25) is 0 Å². The lowest BCUT2D eigenvalue weighted by molar-refractivity contribution is 0.140. The predicted octanol–water partition coefficient (Wildman–Crippen LogP) is 2.93. The number of aliphatic hydroxyl groups excluding tert-OH is 1. The lowest BCUT2D eigenvalue weighted by atomic mass is 9.89. The number of rotatable bonds is 6. The fourth-order valence-electron chi connectivity index (χ4n) is 2.70. The largest absolute Gasteiger partial charge is 0.394 e. The van der Waals surface area contributed by atoms with Crippen molar-refractivity contribution >= 4 is 0 Å². The summed E-state index contributed by atoms with van der Waals surface area (Å²) in [5.74, 6) is 1.10. The molecule has 1 fully saturated rings. The smallest absolute Gasteiger partial charge is 0.0613 e. The fourth-order valence-corrected chi connectivity index (χ4v) is 2.70. The van der Waals surface area contributed by atoms with Gasteiger partial charge in [0.05, 0.1) is 6.61 Å². The van der Waals surface area contributed by atoms with Gasteiger partial charge in [0, 0.05) is 11.6 Å². The van der Waals surface area contributed by atoms with Crippen LogP contribution >= 0.6 is 0 Å². The summed E-state index contributed by atoms with van der Waals surface area (Å²) in [6.07, 6.45) is 2.49. The van der Waals surface area contributed by atoms with E-state index >= 15 is 0 Å². The highest BCUT2D eigenvalue weighted by atomic mass is 16.3. The van der Waals surface area contributed by atoms with Crippen molar-refractivity contribution in [1.29, 1.82) is 0 Å². The number of benzene rings is 1. The summed E-state index contributed by atoms with van der Waals surface area (Å²) in [6, 6.07) is 10.9. The molecule has 1 aromatic carbocycles. The maximum Gasteiger partial charge on any atom is 0.0613 e. The van der Waals surface area contributed by atoms with E-state index in [0.29, 0.717) is 17.9 Å². The number of hydrogen-bond acceptors (Lipinski definition) is 2. The Kier molecular flexibility index (Phi) is 4.08. The van der Waals surface area contributed by atoms with E-state index in [1.54, 1.807) is 0 Å². The van der Waals surface area contributed by atoms with Gasteiger partial charge in [-0.15, -0.1) is 0 Å². The van der Waals surface area contributed by atoms with E-state index in [9.17, 15) is 5.11 Å². The van der Waals surface area contributed by atoms with Crippen molar-refractivity contribution in [3.05, 3.63) is 35.9 Å². The second-order valence-corrected chi connectivity index (χ2v) is 5.98. The Labute approximate surface area is 110 Å². The predicted molar refractivity (Wildman–Crippen MR) is 75.7 cm³/mol. The highest BCUT2D eigenvalue weighted by Crippen LogP contribution is 2.40. The Hall–Kier alpha value is -0.860. The van der Waals surface area contributed by atoms with Crippen LogP contribution in [0.25, 0.3) is 0 Å². The van der Waals surface area contributed by atoms with Crippen LogP contribution < -0.4 is 5.32 Å². The standard InChI is InChI=1S/C16H25NO/c1-12(14-7-5-4-6-8-14)13(2)17-16(3,11-18)15-9-10-15/h4-8,12-13,15,17-18H,9-11H2,1-3H3. The van der Waals surface area contributed by atoms with Crippen LogP contribution in [-0.4, -0.2) is 23.3 Å². The fraction of sp³-hybridized carbons (Fsp3) is 0.625. The average molecular weight is 247 g/mol. The van der Waals surface area contributed by atoms with Crippen LogP contribution in [-0.2, 0) is 0 Å². The summed E-state index contributed by atoms with van der Waals surface area (Å²) >= 11 is 0. The van der Waals surface area contributed by atoms with Gasteiger partial charge in [-0.05, 0) is 44.1 Å². The Morgan fingerprint density at radius 1 is 1.28 bits per heavy atom. The summed E-state index contributed by atoms with van der Waals surface area (Å²) in [7, 11) is 0. The molecule has 0 aromatic heterocycles. The molecular formula is C16H25NO. The van der Waals surface area contributed by atoms with Gasteiger partial charge in [0.15, 0.2) is 0 Å². The third-order valence-electron chi connectivity index (χ3n) is 4.44. The van der Waals surface area contributed by atoms with E-state index in [1.807, 2.05) is 0 Å². The molecule has 0 amide bonds. The molecular weight excluding hydrogens is 222 g/mol. The van der Waals surface area contributed by atoms with Crippen LogP contribution in [0.3, 0.4) is 0 Å². The molecule has 2 rings (SSSR count). The topological polar surface area (TPSA) is 32.3 Å². The van der Waals surface area contributed by atoms with Gasteiger partial charge in [0.2, 0.25) is 0 Å². The molecule has 3 atom stereocenters. The van der Waals surface area contributed by atoms with E-state index in [2.05, 4.69) is 56.4 Å². The van der Waals surface area contributed by atoms with Crippen LogP contribution in [0.4, 0.5) is 0 Å². The minimum absolute atomic E-state index is 0.109. The normalized spacial score (nSPS) is 22.2. The quantitative estimate of drug-likeness (QED) is 0.810. The molecule has 2 nitrogen and oxygen atoms in total. The van der Waals surface area contributed by atoms with Gasteiger partial charge in [-0.2, -0.15) is 0 Å². The zero-order chi connectivity index (χ0) is 13.2. The molecule has 1 aliphatic rings. The minimum Gasteiger partial charge on any atom is -0.394 e. The van der Waals surface area contributed by atoms with Crippen LogP contribution in [0, 0.1) is 5.92 Å². The Morgan fingerprint density at radius 3 is 2.39 bits per heavy atom. The van der Waals surface area contributed by atoms with Crippen LogP contribution in [0.2, 0.25) is 0 Å². The van der Waals surface area contributed by atoms with Crippen molar-refractivity contribution in [2.45, 2.75) is 51.1 Å². The molecule has 3 unspecified atom stereocenters. The molecule has 0 spiro atoms. The molecule has 1 aromatic rings. The number of aliphatic hydroxyl groups is 1. The molecule has 1 aliphatic carbocycles. The van der Waals surface area contributed by atoms with Gasteiger partial charge in [-0.25, -0.2) is 0 Å². The molecule has 0 saturated heterocycles. The first-order valence-corrected chi connectivity index (χ1v) is 7.00. The first-order valence-electron chi connectivity index (χ1n) is 7.00. The minimum atomic E-state index is -0.109. The summed E-state index contributed by atoms with van der Waals surface area (Å²) in [6.45, 7) is 6.84. The summed E-state index contributed by atoms with van der Waals surface area (Å²) < 4.78 is 0. The first-order chi connectivity index (χ1) is 8.57. The molecule has 0 heterocycles. The highest BCUT2D eigenvalue weighted by molar-refractivity contribution is 5.20. The van der Waals surface area contributed by atoms with E-state index in [4.69, 9.17) is 0 Å². The lowest BCUT2D eigenvalue weighted by Gasteiger charge is -2.35. The monoisotopic (exact) mass is 247 g/mol. The Balaban J connectivity index is 2.00. The van der Waals surface area contributed by atoms with Crippen molar-refractivity contribution in [2.24, 2.45) is 5.92 Å². The third-order valence-corrected chi connectivity index (χ3v) is 4.44. The molecule has 0 bridgehead atoms. The molecule has 0 radical (unpaired) electrons. The number of nitrogens with one attached hydrogen (secondary N) is 1.